The molecule has 4 rings (SSSR count). The van der Waals surface area contributed by atoms with E-state index in [4.69, 9.17) is 0 Å². The number of pyridine rings is 1. The highest BCUT2D eigenvalue weighted by molar-refractivity contribution is 5.94. The fraction of sp³-hybridized carbons (Fsp3) is 0.261. The molecular weight excluding hydrogens is 367 g/mol. The fourth-order valence-electron chi connectivity index (χ4n) is 3.56. The minimum atomic E-state index is -0.937. The van der Waals surface area contributed by atoms with Gasteiger partial charge in [-0.15, -0.1) is 5.10 Å². The predicted molar refractivity (Wildman–Crippen MR) is 111 cm³/mol. The van der Waals surface area contributed by atoms with Gasteiger partial charge >= 0.3 is 0 Å². The number of hydrogen-bond donors (Lipinski definition) is 1. The van der Waals surface area contributed by atoms with Crippen LogP contribution in [0, 0.1) is 5.82 Å². The smallest absolute Gasteiger partial charge is 0.123 e. The van der Waals surface area contributed by atoms with Gasteiger partial charge < -0.3 is 5.11 Å². The summed E-state index contributed by atoms with van der Waals surface area (Å²) < 4.78 is 15.0. The molecule has 1 N–H and O–H groups in total. The normalized spacial score (nSPS) is 11.9. The Morgan fingerprint density at radius 2 is 1.79 bits per heavy atom. The molecule has 2 aromatic carbocycles. The van der Waals surface area contributed by atoms with Gasteiger partial charge in [0.25, 0.3) is 0 Å². The van der Waals surface area contributed by atoms with Gasteiger partial charge in [0.2, 0.25) is 0 Å². The highest BCUT2D eigenvalue weighted by Gasteiger charge is 2.28. The summed E-state index contributed by atoms with van der Waals surface area (Å²) in [7, 11) is 0. The highest BCUT2D eigenvalue weighted by atomic mass is 19.1. The monoisotopic (exact) mass is 390 g/mol. The third kappa shape index (κ3) is 3.76. The maximum absolute atomic E-state index is 13.3. The number of aromatic nitrogens is 4. The molecule has 0 aliphatic carbocycles. The molecule has 0 fully saturated rings. The van der Waals surface area contributed by atoms with Crippen molar-refractivity contribution in [2.75, 3.05) is 0 Å². The lowest BCUT2D eigenvalue weighted by atomic mass is 9.94. The zero-order chi connectivity index (χ0) is 20.4. The fourth-order valence-corrected chi connectivity index (χ4v) is 3.56. The van der Waals surface area contributed by atoms with E-state index >= 15 is 0 Å². The SMILES string of the molecule is CCC(O)(CC)c1cn(Cc2ccc3c(-c4ccc(F)cc4)ccnc3c2)nn1. The van der Waals surface area contributed by atoms with Gasteiger partial charge in [0.15, 0.2) is 0 Å². The number of aliphatic hydroxyl groups is 1. The lowest BCUT2D eigenvalue weighted by Crippen LogP contribution is -2.23. The molecule has 6 heteroatoms. The summed E-state index contributed by atoms with van der Waals surface area (Å²) >= 11 is 0. The van der Waals surface area contributed by atoms with Gasteiger partial charge in [-0.3, -0.25) is 4.98 Å². The molecule has 0 bridgehead atoms. The zero-order valence-corrected chi connectivity index (χ0v) is 16.5. The van der Waals surface area contributed by atoms with Crippen molar-refractivity contribution in [3.8, 4) is 11.1 Å². The minimum absolute atomic E-state index is 0.250. The molecule has 2 aromatic heterocycles. The Bertz CT molecular complexity index is 1130. The van der Waals surface area contributed by atoms with Crippen LogP contribution in [0.1, 0.15) is 37.9 Å². The van der Waals surface area contributed by atoms with Crippen LogP contribution in [0.3, 0.4) is 0 Å². The van der Waals surface area contributed by atoms with Gasteiger partial charge in [0, 0.05) is 11.6 Å². The van der Waals surface area contributed by atoms with Gasteiger partial charge in [-0.25, -0.2) is 9.07 Å². The average Bonchev–Trinajstić information content (AvgIpc) is 3.22. The van der Waals surface area contributed by atoms with E-state index < -0.39 is 5.60 Å². The van der Waals surface area contributed by atoms with Crippen LogP contribution in [-0.4, -0.2) is 25.1 Å². The Morgan fingerprint density at radius 1 is 1.03 bits per heavy atom. The number of benzene rings is 2. The van der Waals surface area contributed by atoms with Gasteiger partial charge in [-0.2, -0.15) is 0 Å². The lowest BCUT2D eigenvalue weighted by Gasteiger charge is -2.21. The summed E-state index contributed by atoms with van der Waals surface area (Å²) in [6.45, 7) is 4.42. The van der Waals surface area contributed by atoms with Gasteiger partial charge in [0.1, 0.15) is 17.1 Å². The van der Waals surface area contributed by atoms with E-state index in [1.54, 1.807) is 29.2 Å². The molecule has 0 aliphatic heterocycles. The zero-order valence-electron chi connectivity index (χ0n) is 16.5. The molecule has 148 valence electrons. The number of fused-ring (bicyclic) bond motifs is 1. The predicted octanol–water partition coefficient (Wildman–Crippen LogP) is 4.69. The molecule has 0 radical (unpaired) electrons. The summed E-state index contributed by atoms with van der Waals surface area (Å²) in [5.74, 6) is -0.250. The lowest BCUT2D eigenvalue weighted by molar-refractivity contribution is 0.0239. The van der Waals surface area contributed by atoms with Crippen molar-refractivity contribution in [1.82, 2.24) is 20.0 Å². The second-order valence-electron chi connectivity index (χ2n) is 7.26. The summed E-state index contributed by atoms with van der Waals surface area (Å²) in [4.78, 5) is 4.50. The van der Waals surface area contributed by atoms with Gasteiger partial charge in [-0.1, -0.05) is 43.3 Å². The van der Waals surface area contributed by atoms with Crippen LogP contribution in [0.4, 0.5) is 4.39 Å². The van der Waals surface area contributed by atoms with Crippen LogP contribution in [-0.2, 0) is 12.1 Å². The van der Waals surface area contributed by atoms with E-state index in [9.17, 15) is 9.50 Å². The molecular formula is C23H23FN4O. The van der Waals surface area contributed by atoms with E-state index in [-0.39, 0.29) is 5.82 Å². The summed E-state index contributed by atoms with van der Waals surface area (Å²) in [5.41, 5.74) is 3.52. The van der Waals surface area contributed by atoms with E-state index in [0.717, 1.165) is 27.6 Å². The van der Waals surface area contributed by atoms with Crippen molar-refractivity contribution in [2.45, 2.75) is 38.8 Å². The number of rotatable bonds is 6. The van der Waals surface area contributed by atoms with Gasteiger partial charge in [0.05, 0.1) is 18.3 Å². The molecule has 0 amide bonds. The Morgan fingerprint density at radius 3 is 2.52 bits per heavy atom. The van der Waals surface area contributed by atoms with Crippen LogP contribution >= 0.6 is 0 Å². The maximum atomic E-state index is 13.3. The maximum Gasteiger partial charge on any atom is 0.123 e. The summed E-state index contributed by atoms with van der Waals surface area (Å²) in [6.07, 6.45) is 4.75. The molecule has 0 saturated heterocycles. The first-order valence-electron chi connectivity index (χ1n) is 9.79. The van der Waals surface area contributed by atoms with Crippen molar-refractivity contribution >= 4 is 10.9 Å². The first kappa shape index (κ1) is 19.2. The third-order valence-electron chi connectivity index (χ3n) is 5.49. The van der Waals surface area contributed by atoms with Crippen LogP contribution in [0.2, 0.25) is 0 Å². The molecule has 29 heavy (non-hydrogen) atoms. The molecule has 0 aliphatic rings. The summed E-state index contributed by atoms with van der Waals surface area (Å²) in [5, 5.41) is 20.0. The van der Waals surface area contributed by atoms with E-state index in [0.29, 0.717) is 25.1 Å². The van der Waals surface area contributed by atoms with Crippen LogP contribution in [0.5, 0.6) is 0 Å². The second-order valence-corrected chi connectivity index (χ2v) is 7.26. The molecule has 4 aromatic rings. The largest absolute Gasteiger partial charge is 0.383 e. The quantitative estimate of drug-likeness (QED) is 0.519. The molecule has 5 nitrogen and oxygen atoms in total. The molecule has 0 saturated carbocycles. The van der Waals surface area contributed by atoms with Crippen molar-refractivity contribution in [1.29, 1.82) is 0 Å². The molecule has 0 atom stereocenters. The Kier molecular flexibility index (Phi) is 5.11. The first-order valence-corrected chi connectivity index (χ1v) is 9.79. The summed E-state index contributed by atoms with van der Waals surface area (Å²) in [6, 6.07) is 14.5. The molecule has 0 spiro atoms. The highest BCUT2D eigenvalue weighted by Crippen LogP contribution is 2.29. The first-order chi connectivity index (χ1) is 14.0. The molecule has 2 heterocycles. The van der Waals surface area contributed by atoms with E-state index in [2.05, 4.69) is 15.3 Å². The topological polar surface area (TPSA) is 63.8 Å². The van der Waals surface area contributed by atoms with Crippen molar-refractivity contribution < 1.29 is 9.50 Å². The van der Waals surface area contributed by atoms with Crippen molar-refractivity contribution in [3.05, 3.63) is 78.0 Å². The minimum Gasteiger partial charge on any atom is -0.383 e. The Hall–Kier alpha value is -3.12. The van der Waals surface area contributed by atoms with Crippen LogP contribution in [0.25, 0.3) is 22.0 Å². The van der Waals surface area contributed by atoms with Crippen LogP contribution in [0.15, 0.2) is 60.9 Å². The second kappa shape index (κ2) is 7.72. The Labute approximate surface area is 168 Å². The number of halogens is 1. The standard InChI is InChI=1S/C23H23FN4O/c1-3-23(29,4-2)22-15-28(27-26-22)14-16-5-10-20-19(11-12-25-21(20)13-16)17-6-8-18(24)9-7-17/h5-13,15,29H,3-4,14H2,1-2H3. The molecule has 0 unspecified atom stereocenters. The van der Waals surface area contributed by atoms with E-state index in [1.165, 1.54) is 12.1 Å². The number of hydrogen-bond acceptors (Lipinski definition) is 4. The van der Waals surface area contributed by atoms with Gasteiger partial charge in [-0.05, 0) is 53.8 Å². The Balaban J connectivity index is 1.64. The van der Waals surface area contributed by atoms with Crippen LogP contribution < -0.4 is 0 Å². The number of nitrogens with zero attached hydrogens (tertiary/aromatic N) is 4. The van der Waals surface area contributed by atoms with E-state index in [1.807, 2.05) is 38.1 Å². The average molecular weight is 390 g/mol. The van der Waals surface area contributed by atoms with Crippen molar-refractivity contribution in [2.24, 2.45) is 0 Å². The van der Waals surface area contributed by atoms with Crippen molar-refractivity contribution in [3.63, 3.8) is 0 Å². The third-order valence-corrected chi connectivity index (χ3v) is 5.49.